The molecule has 1 aliphatic carbocycles. The second kappa shape index (κ2) is 2.96. The topological polar surface area (TPSA) is 18.5 Å². The van der Waals surface area contributed by atoms with Crippen LogP contribution < -0.4 is 0 Å². The summed E-state index contributed by atoms with van der Waals surface area (Å²) >= 11 is 0. The van der Waals surface area contributed by atoms with Crippen LogP contribution in [0.5, 0.6) is 0 Å². The van der Waals surface area contributed by atoms with Crippen LogP contribution in [-0.4, -0.2) is 18.5 Å². The third kappa shape index (κ3) is 2.05. The highest BCUT2D eigenvalue weighted by atomic mass is 16.7. The summed E-state index contributed by atoms with van der Waals surface area (Å²) in [4.78, 5) is 0. The average molecular weight is 184 g/mol. The van der Waals surface area contributed by atoms with Crippen LogP contribution in [0.1, 0.15) is 46.5 Å². The Labute approximate surface area is 80.6 Å². The molecule has 2 heteroatoms. The van der Waals surface area contributed by atoms with Crippen molar-refractivity contribution in [2.45, 2.75) is 58.3 Å². The monoisotopic (exact) mass is 184 g/mol. The molecule has 0 aromatic heterocycles. The third-order valence-electron chi connectivity index (χ3n) is 3.44. The van der Waals surface area contributed by atoms with Crippen LogP contribution in [0.4, 0.5) is 0 Å². The van der Waals surface area contributed by atoms with Crippen molar-refractivity contribution in [1.82, 2.24) is 0 Å². The summed E-state index contributed by atoms with van der Waals surface area (Å²) in [5.41, 5.74) is 0.619. The molecular weight excluding hydrogens is 164 g/mol. The van der Waals surface area contributed by atoms with Gasteiger partial charge in [-0.1, -0.05) is 13.3 Å². The molecule has 2 aliphatic rings. The summed E-state index contributed by atoms with van der Waals surface area (Å²) in [6.07, 6.45) is 5.63. The fourth-order valence-electron chi connectivity index (χ4n) is 2.23. The summed E-state index contributed by atoms with van der Waals surface area (Å²) in [7, 11) is 0. The Morgan fingerprint density at radius 2 is 2.00 bits per heavy atom. The molecule has 0 aromatic rings. The molecule has 0 radical (unpaired) electrons. The summed E-state index contributed by atoms with van der Waals surface area (Å²) in [6.45, 7) is 7.07. The van der Waals surface area contributed by atoms with E-state index in [2.05, 4.69) is 6.92 Å². The van der Waals surface area contributed by atoms with Crippen LogP contribution in [0.2, 0.25) is 0 Å². The summed E-state index contributed by atoms with van der Waals surface area (Å²) < 4.78 is 11.4. The van der Waals surface area contributed by atoms with Crippen molar-refractivity contribution < 1.29 is 9.47 Å². The van der Waals surface area contributed by atoms with Crippen molar-refractivity contribution in [3.8, 4) is 0 Å². The maximum absolute atomic E-state index is 5.80. The van der Waals surface area contributed by atoms with E-state index in [9.17, 15) is 0 Å². The van der Waals surface area contributed by atoms with Gasteiger partial charge in [0.1, 0.15) is 0 Å². The molecular formula is C11H20O2. The van der Waals surface area contributed by atoms with Gasteiger partial charge in [-0.15, -0.1) is 0 Å². The Balaban J connectivity index is 1.84. The molecule has 1 aliphatic heterocycles. The van der Waals surface area contributed by atoms with Crippen LogP contribution in [0.25, 0.3) is 0 Å². The van der Waals surface area contributed by atoms with Crippen molar-refractivity contribution in [3.63, 3.8) is 0 Å². The summed E-state index contributed by atoms with van der Waals surface area (Å²) in [5.74, 6) is -0.339. The van der Waals surface area contributed by atoms with Crippen molar-refractivity contribution in [2.75, 3.05) is 6.61 Å². The lowest BCUT2D eigenvalue weighted by molar-refractivity contribution is -0.140. The van der Waals surface area contributed by atoms with Crippen LogP contribution in [0.3, 0.4) is 0 Å². The van der Waals surface area contributed by atoms with Gasteiger partial charge < -0.3 is 9.47 Å². The molecule has 1 saturated heterocycles. The standard InChI is InChI=1S/C11H20O2/c1-4-11(5-6-11)7-9-8-12-10(2,3)13-9/h9H,4-8H2,1-3H3. The first-order valence-electron chi connectivity index (χ1n) is 5.37. The average Bonchev–Trinajstić information content (AvgIpc) is 2.74. The second-order valence-electron chi connectivity index (χ2n) is 5.01. The summed E-state index contributed by atoms with van der Waals surface area (Å²) in [5, 5.41) is 0. The molecule has 0 aromatic carbocycles. The van der Waals surface area contributed by atoms with Gasteiger partial charge >= 0.3 is 0 Å². The molecule has 1 atom stereocenters. The zero-order valence-corrected chi connectivity index (χ0v) is 8.93. The normalized spacial score (nSPS) is 34.8. The molecule has 1 saturated carbocycles. The SMILES string of the molecule is CCC1(CC2COC(C)(C)O2)CC1. The fourth-order valence-corrected chi connectivity index (χ4v) is 2.23. The first-order chi connectivity index (χ1) is 6.05. The minimum Gasteiger partial charge on any atom is -0.348 e. The van der Waals surface area contributed by atoms with E-state index in [1.165, 1.54) is 25.7 Å². The highest BCUT2D eigenvalue weighted by Crippen LogP contribution is 2.53. The zero-order chi connectivity index (χ0) is 9.53. The highest BCUT2D eigenvalue weighted by molar-refractivity contribution is 4.94. The Bertz CT molecular complexity index is 194. The molecule has 2 rings (SSSR count). The van der Waals surface area contributed by atoms with E-state index in [0.29, 0.717) is 11.5 Å². The molecule has 76 valence electrons. The van der Waals surface area contributed by atoms with E-state index >= 15 is 0 Å². The lowest BCUT2D eigenvalue weighted by Gasteiger charge is -2.20. The smallest absolute Gasteiger partial charge is 0.163 e. The minimum atomic E-state index is -0.339. The van der Waals surface area contributed by atoms with Crippen LogP contribution in [-0.2, 0) is 9.47 Å². The van der Waals surface area contributed by atoms with E-state index in [-0.39, 0.29) is 5.79 Å². The van der Waals surface area contributed by atoms with E-state index in [1.54, 1.807) is 0 Å². The molecule has 0 spiro atoms. The Hall–Kier alpha value is -0.0800. The van der Waals surface area contributed by atoms with Gasteiger partial charge in [-0.2, -0.15) is 0 Å². The molecule has 0 bridgehead atoms. The lowest BCUT2D eigenvalue weighted by atomic mass is 9.96. The maximum atomic E-state index is 5.80. The predicted octanol–water partition coefficient (Wildman–Crippen LogP) is 2.72. The first-order valence-corrected chi connectivity index (χ1v) is 5.37. The van der Waals surface area contributed by atoms with Crippen molar-refractivity contribution in [2.24, 2.45) is 5.41 Å². The Morgan fingerprint density at radius 1 is 1.31 bits per heavy atom. The number of ether oxygens (including phenoxy) is 2. The summed E-state index contributed by atoms with van der Waals surface area (Å²) in [6, 6.07) is 0. The van der Waals surface area contributed by atoms with Gasteiger partial charge in [0.25, 0.3) is 0 Å². The quantitative estimate of drug-likeness (QED) is 0.671. The molecule has 0 N–H and O–H groups in total. The van der Waals surface area contributed by atoms with Gasteiger partial charge in [-0.3, -0.25) is 0 Å². The van der Waals surface area contributed by atoms with Gasteiger partial charge in [0.2, 0.25) is 0 Å². The van der Waals surface area contributed by atoms with Gasteiger partial charge in [0.05, 0.1) is 12.7 Å². The molecule has 1 heterocycles. The van der Waals surface area contributed by atoms with Crippen molar-refractivity contribution in [1.29, 1.82) is 0 Å². The van der Waals surface area contributed by atoms with Gasteiger partial charge in [0, 0.05) is 0 Å². The molecule has 13 heavy (non-hydrogen) atoms. The maximum Gasteiger partial charge on any atom is 0.163 e. The first kappa shape index (κ1) is 9.47. The minimum absolute atomic E-state index is 0.339. The fraction of sp³-hybridized carbons (Fsp3) is 1.00. The van der Waals surface area contributed by atoms with Crippen LogP contribution >= 0.6 is 0 Å². The van der Waals surface area contributed by atoms with Crippen molar-refractivity contribution in [3.05, 3.63) is 0 Å². The molecule has 0 amide bonds. The Morgan fingerprint density at radius 3 is 2.38 bits per heavy atom. The Kier molecular flexibility index (Phi) is 2.16. The van der Waals surface area contributed by atoms with Crippen LogP contribution in [0, 0.1) is 5.41 Å². The third-order valence-corrected chi connectivity index (χ3v) is 3.44. The van der Waals surface area contributed by atoms with Crippen LogP contribution in [0.15, 0.2) is 0 Å². The lowest BCUT2D eigenvalue weighted by Crippen LogP contribution is -2.23. The van der Waals surface area contributed by atoms with Gasteiger partial charge in [0.15, 0.2) is 5.79 Å². The zero-order valence-electron chi connectivity index (χ0n) is 8.93. The number of hydrogen-bond donors (Lipinski definition) is 0. The molecule has 2 fully saturated rings. The second-order valence-corrected chi connectivity index (χ2v) is 5.01. The molecule has 1 unspecified atom stereocenters. The van der Waals surface area contributed by atoms with E-state index < -0.39 is 0 Å². The van der Waals surface area contributed by atoms with E-state index in [1.807, 2.05) is 13.8 Å². The van der Waals surface area contributed by atoms with Gasteiger partial charge in [-0.25, -0.2) is 0 Å². The highest BCUT2D eigenvalue weighted by Gasteiger charge is 2.45. The van der Waals surface area contributed by atoms with E-state index in [4.69, 9.17) is 9.47 Å². The number of rotatable bonds is 3. The molecule has 2 nitrogen and oxygen atoms in total. The number of hydrogen-bond acceptors (Lipinski definition) is 2. The largest absolute Gasteiger partial charge is 0.348 e. The van der Waals surface area contributed by atoms with Crippen molar-refractivity contribution >= 4 is 0 Å². The predicted molar refractivity (Wildman–Crippen MR) is 51.5 cm³/mol. The van der Waals surface area contributed by atoms with E-state index in [0.717, 1.165) is 6.61 Å². The van der Waals surface area contributed by atoms with Gasteiger partial charge in [-0.05, 0) is 38.5 Å².